The molecule has 1 N–H and O–H groups in total. The Labute approximate surface area is 176 Å². The van der Waals surface area contributed by atoms with Crippen LogP contribution in [0.25, 0.3) is 0 Å². The molecule has 1 aromatic rings. The molecule has 3 fully saturated rings. The number of hydrogen-bond acceptors (Lipinski definition) is 3. The Morgan fingerprint density at radius 3 is 2.37 bits per heavy atom. The monoisotopic (exact) mass is 424 g/mol. The van der Waals surface area contributed by atoms with Crippen LogP contribution >= 0.6 is 0 Å². The van der Waals surface area contributed by atoms with Crippen molar-refractivity contribution in [1.82, 2.24) is 15.1 Å². The van der Waals surface area contributed by atoms with E-state index in [2.05, 4.69) is 20.1 Å². The van der Waals surface area contributed by atoms with Gasteiger partial charge in [0.2, 0.25) is 0 Å². The second kappa shape index (κ2) is 8.75. The molecule has 2 aliphatic heterocycles. The number of nitrogens with zero attached hydrogens (tertiary/aromatic N) is 3. The van der Waals surface area contributed by atoms with Crippen LogP contribution in [-0.2, 0) is 10.9 Å². The van der Waals surface area contributed by atoms with Crippen LogP contribution in [0.4, 0.5) is 13.2 Å². The van der Waals surface area contributed by atoms with Crippen LogP contribution < -0.4 is 5.32 Å². The number of alkyl halides is 3. The number of morpholine rings is 1. The summed E-state index contributed by atoms with van der Waals surface area (Å²) < 4.78 is 44.4. The molecule has 1 aromatic carbocycles. The van der Waals surface area contributed by atoms with Gasteiger partial charge in [-0.15, -0.1) is 0 Å². The lowest BCUT2D eigenvalue weighted by atomic mass is 9.68. The molecule has 1 unspecified atom stereocenters. The first-order valence-corrected chi connectivity index (χ1v) is 10.8. The maximum atomic E-state index is 13.0. The van der Waals surface area contributed by atoms with Gasteiger partial charge in [0.05, 0.1) is 24.8 Å². The second-order valence-corrected chi connectivity index (χ2v) is 8.74. The van der Waals surface area contributed by atoms with Gasteiger partial charge in [-0.1, -0.05) is 18.6 Å². The van der Waals surface area contributed by atoms with Crippen molar-refractivity contribution in [2.75, 3.05) is 53.0 Å². The van der Waals surface area contributed by atoms with Gasteiger partial charge in [-0.3, -0.25) is 9.89 Å². The van der Waals surface area contributed by atoms with E-state index >= 15 is 0 Å². The quantitative estimate of drug-likeness (QED) is 0.593. The van der Waals surface area contributed by atoms with Gasteiger partial charge in [0.15, 0.2) is 5.96 Å². The molecule has 4 rings (SSSR count). The van der Waals surface area contributed by atoms with E-state index in [0.717, 1.165) is 37.7 Å². The number of rotatable bonds is 4. The summed E-state index contributed by atoms with van der Waals surface area (Å²) in [6.07, 6.45) is 0.845. The van der Waals surface area contributed by atoms with Crippen LogP contribution in [0.15, 0.2) is 29.3 Å². The van der Waals surface area contributed by atoms with Gasteiger partial charge < -0.3 is 15.0 Å². The molecule has 0 aromatic heterocycles. The molecule has 0 bridgehead atoms. The average molecular weight is 425 g/mol. The Balaban J connectivity index is 1.46. The van der Waals surface area contributed by atoms with Crippen molar-refractivity contribution in [1.29, 1.82) is 0 Å². The molecule has 166 valence electrons. The number of likely N-dealkylation sites (tertiary alicyclic amines) is 1. The fourth-order valence-electron chi connectivity index (χ4n) is 4.96. The van der Waals surface area contributed by atoms with Crippen molar-refractivity contribution in [2.45, 2.75) is 37.9 Å². The van der Waals surface area contributed by atoms with Crippen molar-refractivity contribution in [2.24, 2.45) is 10.4 Å². The third kappa shape index (κ3) is 4.59. The summed E-state index contributed by atoms with van der Waals surface area (Å²) >= 11 is 0. The molecule has 2 saturated heterocycles. The third-order valence-electron chi connectivity index (χ3n) is 6.93. The third-order valence-corrected chi connectivity index (χ3v) is 6.93. The lowest BCUT2D eigenvalue weighted by Crippen LogP contribution is -2.47. The predicted molar refractivity (Wildman–Crippen MR) is 110 cm³/mol. The summed E-state index contributed by atoms with van der Waals surface area (Å²) in [6.45, 7) is 5.47. The fraction of sp³-hybridized carbons (Fsp3) is 0.682. The van der Waals surface area contributed by atoms with E-state index in [1.807, 2.05) is 0 Å². The smallest absolute Gasteiger partial charge is 0.379 e. The summed E-state index contributed by atoms with van der Waals surface area (Å²) in [5, 5.41) is 3.51. The van der Waals surface area contributed by atoms with Gasteiger partial charge in [-0.25, -0.2) is 0 Å². The Morgan fingerprint density at radius 2 is 1.83 bits per heavy atom. The van der Waals surface area contributed by atoms with E-state index < -0.39 is 11.7 Å². The van der Waals surface area contributed by atoms with Crippen LogP contribution in [0.1, 0.15) is 42.9 Å². The Bertz CT molecular complexity index is 740. The van der Waals surface area contributed by atoms with Crippen molar-refractivity contribution in [3.63, 3.8) is 0 Å². The highest BCUT2D eigenvalue weighted by molar-refractivity contribution is 5.80. The highest BCUT2D eigenvalue weighted by Gasteiger charge is 2.43. The van der Waals surface area contributed by atoms with E-state index in [1.54, 1.807) is 19.2 Å². The standard InChI is InChI=1S/C22H31F3N4O/c1-26-20(29-10-9-21(16-29)7-2-8-21)27-15-19(28-11-13-30-14-12-28)17-3-5-18(6-4-17)22(23,24)25/h3-6,19H,2,7-16H2,1H3,(H,26,27). The molecule has 0 radical (unpaired) electrons. The maximum absolute atomic E-state index is 13.0. The topological polar surface area (TPSA) is 40.1 Å². The molecule has 1 atom stereocenters. The minimum Gasteiger partial charge on any atom is -0.379 e. The minimum absolute atomic E-state index is 0.0341. The summed E-state index contributed by atoms with van der Waals surface area (Å²) in [7, 11) is 1.80. The highest BCUT2D eigenvalue weighted by Crippen LogP contribution is 2.47. The van der Waals surface area contributed by atoms with Crippen LogP contribution in [-0.4, -0.2) is 68.7 Å². The molecule has 1 saturated carbocycles. The first-order chi connectivity index (χ1) is 14.4. The molecule has 1 spiro atoms. The summed E-state index contributed by atoms with van der Waals surface area (Å²) in [4.78, 5) is 9.11. The van der Waals surface area contributed by atoms with Crippen molar-refractivity contribution >= 4 is 5.96 Å². The first kappa shape index (κ1) is 21.4. The largest absolute Gasteiger partial charge is 0.416 e. The summed E-state index contributed by atoms with van der Waals surface area (Å²) in [5.74, 6) is 0.893. The van der Waals surface area contributed by atoms with Crippen LogP contribution in [0, 0.1) is 5.41 Å². The van der Waals surface area contributed by atoms with Crippen molar-refractivity contribution in [3.8, 4) is 0 Å². The van der Waals surface area contributed by atoms with Crippen LogP contribution in [0.2, 0.25) is 0 Å². The average Bonchev–Trinajstić information content (AvgIpc) is 3.18. The fourth-order valence-corrected chi connectivity index (χ4v) is 4.96. The van der Waals surface area contributed by atoms with Crippen molar-refractivity contribution < 1.29 is 17.9 Å². The van der Waals surface area contributed by atoms with E-state index in [0.29, 0.717) is 25.2 Å². The number of guanidine groups is 1. The number of benzene rings is 1. The minimum atomic E-state index is -4.32. The van der Waals surface area contributed by atoms with E-state index in [9.17, 15) is 13.2 Å². The lowest BCUT2D eigenvalue weighted by Gasteiger charge is -2.38. The van der Waals surface area contributed by atoms with E-state index in [1.165, 1.54) is 37.8 Å². The Hall–Kier alpha value is -1.80. The van der Waals surface area contributed by atoms with Gasteiger partial charge in [-0.05, 0) is 42.4 Å². The van der Waals surface area contributed by atoms with Crippen molar-refractivity contribution in [3.05, 3.63) is 35.4 Å². The zero-order valence-electron chi connectivity index (χ0n) is 17.5. The SMILES string of the molecule is CN=C(NCC(c1ccc(C(F)(F)F)cc1)N1CCOCC1)N1CCC2(CCC2)C1. The zero-order chi connectivity index (χ0) is 21.2. The summed E-state index contributed by atoms with van der Waals surface area (Å²) in [6, 6.07) is 5.53. The molecule has 8 heteroatoms. The molecular formula is C22H31F3N4O. The van der Waals surface area contributed by atoms with Gasteiger partial charge >= 0.3 is 6.18 Å². The molecule has 3 aliphatic rings. The number of ether oxygens (including phenoxy) is 1. The zero-order valence-corrected chi connectivity index (χ0v) is 17.5. The molecule has 2 heterocycles. The molecule has 0 amide bonds. The number of hydrogen-bond donors (Lipinski definition) is 1. The maximum Gasteiger partial charge on any atom is 0.416 e. The molecular weight excluding hydrogens is 393 g/mol. The number of halogens is 3. The Kier molecular flexibility index (Phi) is 6.25. The highest BCUT2D eigenvalue weighted by atomic mass is 19.4. The molecule has 1 aliphatic carbocycles. The van der Waals surface area contributed by atoms with Crippen LogP contribution in [0.3, 0.4) is 0 Å². The molecule has 5 nitrogen and oxygen atoms in total. The predicted octanol–water partition coefficient (Wildman–Crippen LogP) is 3.53. The van der Waals surface area contributed by atoms with Gasteiger partial charge in [-0.2, -0.15) is 13.2 Å². The Morgan fingerprint density at radius 1 is 1.13 bits per heavy atom. The van der Waals surface area contributed by atoms with E-state index in [4.69, 9.17) is 4.74 Å². The first-order valence-electron chi connectivity index (χ1n) is 10.8. The second-order valence-electron chi connectivity index (χ2n) is 8.74. The normalized spacial score (nSPS) is 23.5. The van der Waals surface area contributed by atoms with Gasteiger partial charge in [0.25, 0.3) is 0 Å². The number of aliphatic imine (C=N–C) groups is 1. The number of nitrogens with one attached hydrogen (secondary N) is 1. The van der Waals surface area contributed by atoms with E-state index in [-0.39, 0.29) is 6.04 Å². The van der Waals surface area contributed by atoms with Gasteiger partial charge in [0.1, 0.15) is 0 Å². The van der Waals surface area contributed by atoms with Gasteiger partial charge in [0, 0.05) is 39.8 Å². The lowest BCUT2D eigenvalue weighted by molar-refractivity contribution is -0.137. The van der Waals surface area contributed by atoms with Crippen LogP contribution in [0.5, 0.6) is 0 Å². The summed E-state index contributed by atoms with van der Waals surface area (Å²) in [5.41, 5.74) is 0.748. The molecule has 30 heavy (non-hydrogen) atoms.